The molecule has 0 radical (unpaired) electrons. The number of imidazole rings is 1. The quantitative estimate of drug-likeness (QED) is 0.780. The van der Waals surface area contributed by atoms with Crippen LogP contribution in [0.1, 0.15) is 21.9 Å². The Hall–Kier alpha value is -2.56. The summed E-state index contributed by atoms with van der Waals surface area (Å²) < 4.78 is 7.02. The Morgan fingerprint density at radius 3 is 3.00 bits per heavy atom. The van der Waals surface area contributed by atoms with E-state index in [2.05, 4.69) is 10.3 Å². The summed E-state index contributed by atoms with van der Waals surface area (Å²) in [5.74, 6) is 0.0683. The van der Waals surface area contributed by atoms with E-state index < -0.39 is 0 Å². The van der Waals surface area contributed by atoms with Gasteiger partial charge in [-0.05, 0) is 31.2 Å². The van der Waals surface area contributed by atoms with Crippen molar-refractivity contribution in [2.75, 3.05) is 0 Å². The molecule has 3 heterocycles. The van der Waals surface area contributed by atoms with E-state index in [0.717, 1.165) is 17.0 Å². The number of rotatable bonds is 3. The van der Waals surface area contributed by atoms with Gasteiger partial charge in [-0.3, -0.25) is 4.79 Å². The predicted molar refractivity (Wildman–Crippen MR) is 69.8 cm³/mol. The van der Waals surface area contributed by atoms with Crippen LogP contribution in [0.4, 0.5) is 0 Å². The van der Waals surface area contributed by atoms with Crippen molar-refractivity contribution in [2.45, 2.75) is 13.5 Å². The zero-order valence-electron chi connectivity index (χ0n) is 10.5. The smallest absolute Gasteiger partial charge is 0.287 e. The first-order chi connectivity index (χ1) is 9.24. The van der Waals surface area contributed by atoms with Crippen molar-refractivity contribution in [1.29, 1.82) is 0 Å². The lowest BCUT2D eigenvalue weighted by molar-refractivity contribution is 0.0922. The van der Waals surface area contributed by atoms with Gasteiger partial charge in [0.25, 0.3) is 5.91 Å². The summed E-state index contributed by atoms with van der Waals surface area (Å²) in [5.41, 5.74) is 2.80. The van der Waals surface area contributed by atoms with Gasteiger partial charge in [-0.1, -0.05) is 6.07 Å². The number of fused-ring (bicyclic) bond motifs is 1. The zero-order chi connectivity index (χ0) is 13.2. The minimum absolute atomic E-state index is 0.237. The molecular weight excluding hydrogens is 242 g/mol. The topological polar surface area (TPSA) is 59.5 Å². The molecule has 5 nitrogen and oxygen atoms in total. The summed E-state index contributed by atoms with van der Waals surface area (Å²) in [6.45, 7) is 2.39. The van der Waals surface area contributed by atoms with Crippen LogP contribution >= 0.6 is 0 Å². The van der Waals surface area contributed by atoms with E-state index in [-0.39, 0.29) is 5.91 Å². The molecule has 3 rings (SSSR count). The lowest BCUT2D eigenvalue weighted by atomic mass is 10.4. The summed E-state index contributed by atoms with van der Waals surface area (Å²) in [4.78, 5) is 16.2. The number of pyridine rings is 1. The van der Waals surface area contributed by atoms with Gasteiger partial charge in [-0.2, -0.15) is 0 Å². The van der Waals surface area contributed by atoms with Gasteiger partial charge in [0.2, 0.25) is 0 Å². The van der Waals surface area contributed by atoms with Gasteiger partial charge in [0, 0.05) is 11.9 Å². The highest BCUT2D eigenvalue weighted by Crippen LogP contribution is 2.08. The molecule has 0 saturated carbocycles. The molecule has 0 unspecified atom stereocenters. The molecule has 5 heteroatoms. The Bertz CT molecular complexity index is 713. The number of furan rings is 1. The SMILES string of the molecule is Cc1cccc2nc(CNC(=O)c3ccco3)cn12. The first-order valence-corrected chi connectivity index (χ1v) is 5.99. The fourth-order valence-electron chi connectivity index (χ4n) is 1.95. The van der Waals surface area contributed by atoms with E-state index in [1.165, 1.54) is 6.26 Å². The molecule has 19 heavy (non-hydrogen) atoms. The number of aryl methyl sites for hydroxylation is 1. The predicted octanol–water partition coefficient (Wildman–Crippen LogP) is 2.17. The van der Waals surface area contributed by atoms with Gasteiger partial charge in [0.1, 0.15) is 5.65 Å². The zero-order valence-corrected chi connectivity index (χ0v) is 10.5. The first kappa shape index (κ1) is 11.5. The highest BCUT2D eigenvalue weighted by atomic mass is 16.3. The van der Waals surface area contributed by atoms with Crippen molar-refractivity contribution in [3.63, 3.8) is 0 Å². The van der Waals surface area contributed by atoms with Gasteiger partial charge >= 0.3 is 0 Å². The van der Waals surface area contributed by atoms with Crippen LogP contribution in [0.3, 0.4) is 0 Å². The first-order valence-electron chi connectivity index (χ1n) is 5.99. The third-order valence-electron chi connectivity index (χ3n) is 2.92. The Morgan fingerprint density at radius 2 is 2.26 bits per heavy atom. The number of hydrogen-bond acceptors (Lipinski definition) is 3. The number of hydrogen-bond donors (Lipinski definition) is 1. The van der Waals surface area contributed by atoms with Crippen molar-refractivity contribution < 1.29 is 9.21 Å². The maximum atomic E-state index is 11.7. The molecule has 3 aromatic rings. The van der Waals surface area contributed by atoms with Crippen LogP contribution in [0.25, 0.3) is 5.65 Å². The van der Waals surface area contributed by atoms with Gasteiger partial charge < -0.3 is 14.1 Å². The second-order valence-electron chi connectivity index (χ2n) is 4.29. The van der Waals surface area contributed by atoms with Gasteiger partial charge in [0.15, 0.2) is 5.76 Å². The fraction of sp³-hybridized carbons (Fsp3) is 0.143. The molecule has 0 bridgehead atoms. The van der Waals surface area contributed by atoms with Crippen LogP contribution < -0.4 is 5.32 Å². The largest absolute Gasteiger partial charge is 0.459 e. The summed E-state index contributed by atoms with van der Waals surface area (Å²) in [6, 6.07) is 9.22. The molecule has 3 aromatic heterocycles. The molecule has 0 aliphatic rings. The number of carbonyl (C=O) groups is 1. The second kappa shape index (κ2) is 4.61. The van der Waals surface area contributed by atoms with Crippen molar-refractivity contribution in [3.8, 4) is 0 Å². The number of aromatic nitrogens is 2. The van der Waals surface area contributed by atoms with Crippen LogP contribution in [0.5, 0.6) is 0 Å². The Morgan fingerprint density at radius 1 is 1.37 bits per heavy atom. The van der Waals surface area contributed by atoms with E-state index in [4.69, 9.17) is 4.42 Å². The van der Waals surface area contributed by atoms with E-state index >= 15 is 0 Å². The molecule has 0 aliphatic carbocycles. The standard InChI is InChI=1S/C14H13N3O2/c1-10-4-2-6-13-16-11(9-17(10)13)8-15-14(18)12-5-3-7-19-12/h2-7,9H,8H2,1H3,(H,15,18). The van der Waals surface area contributed by atoms with E-state index in [0.29, 0.717) is 12.3 Å². The molecule has 0 aliphatic heterocycles. The monoisotopic (exact) mass is 255 g/mol. The highest BCUT2D eigenvalue weighted by molar-refractivity contribution is 5.91. The number of amides is 1. The summed E-state index contributed by atoms with van der Waals surface area (Å²) in [7, 11) is 0. The van der Waals surface area contributed by atoms with Crippen molar-refractivity contribution >= 4 is 11.6 Å². The molecule has 0 fully saturated rings. The summed E-state index contributed by atoms with van der Waals surface area (Å²) in [5, 5.41) is 2.77. The van der Waals surface area contributed by atoms with Gasteiger partial charge in [0.05, 0.1) is 18.5 Å². The highest BCUT2D eigenvalue weighted by Gasteiger charge is 2.09. The molecule has 1 N–H and O–H groups in total. The average Bonchev–Trinajstić information content (AvgIpc) is 3.05. The van der Waals surface area contributed by atoms with Gasteiger partial charge in [-0.25, -0.2) is 4.98 Å². The third-order valence-corrected chi connectivity index (χ3v) is 2.92. The molecule has 1 amide bonds. The molecule has 96 valence electrons. The van der Waals surface area contributed by atoms with Gasteiger partial charge in [-0.15, -0.1) is 0 Å². The number of nitrogens with zero attached hydrogens (tertiary/aromatic N) is 2. The minimum atomic E-state index is -0.237. The molecule has 0 spiro atoms. The van der Waals surface area contributed by atoms with Crippen molar-refractivity contribution in [1.82, 2.24) is 14.7 Å². The normalized spacial score (nSPS) is 10.8. The third kappa shape index (κ3) is 2.22. The maximum Gasteiger partial charge on any atom is 0.287 e. The van der Waals surface area contributed by atoms with Crippen molar-refractivity contribution in [2.24, 2.45) is 0 Å². The molecule has 0 saturated heterocycles. The minimum Gasteiger partial charge on any atom is -0.459 e. The lowest BCUT2D eigenvalue weighted by Crippen LogP contribution is -2.22. The second-order valence-corrected chi connectivity index (χ2v) is 4.29. The fourth-order valence-corrected chi connectivity index (χ4v) is 1.95. The number of carbonyl (C=O) groups excluding carboxylic acids is 1. The maximum absolute atomic E-state index is 11.7. The Kier molecular flexibility index (Phi) is 2.79. The van der Waals surface area contributed by atoms with Crippen LogP contribution in [0.2, 0.25) is 0 Å². The van der Waals surface area contributed by atoms with Crippen LogP contribution in [-0.2, 0) is 6.54 Å². The van der Waals surface area contributed by atoms with E-state index in [9.17, 15) is 4.79 Å². The van der Waals surface area contributed by atoms with E-state index in [1.807, 2.05) is 35.7 Å². The molecule has 0 atom stereocenters. The van der Waals surface area contributed by atoms with E-state index in [1.54, 1.807) is 12.1 Å². The Balaban J connectivity index is 1.75. The number of nitrogens with one attached hydrogen (secondary N) is 1. The Labute approximate surface area is 109 Å². The molecular formula is C14H13N3O2. The van der Waals surface area contributed by atoms with Crippen molar-refractivity contribution in [3.05, 3.63) is 59.9 Å². The van der Waals surface area contributed by atoms with Crippen LogP contribution in [0, 0.1) is 6.92 Å². The average molecular weight is 255 g/mol. The lowest BCUT2D eigenvalue weighted by Gasteiger charge is -1.99. The molecule has 0 aromatic carbocycles. The van der Waals surface area contributed by atoms with Crippen LogP contribution in [0.15, 0.2) is 47.2 Å². The van der Waals surface area contributed by atoms with Crippen LogP contribution in [-0.4, -0.2) is 15.3 Å². The summed E-state index contributed by atoms with van der Waals surface area (Å²) >= 11 is 0. The summed E-state index contributed by atoms with van der Waals surface area (Å²) in [6.07, 6.45) is 3.40.